The Bertz CT molecular complexity index is 526. The highest BCUT2D eigenvalue weighted by Crippen LogP contribution is 2.20. The number of hydrogen-bond donors (Lipinski definition) is 3. The molecule has 6 nitrogen and oxygen atoms in total. The van der Waals surface area contributed by atoms with Gasteiger partial charge in [0.05, 0.1) is 6.33 Å². The molecule has 2 rings (SSSR count). The number of hydrogen-bond acceptors (Lipinski definition) is 6. The number of anilines is 2. The highest BCUT2D eigenvalue weighted by atomic mass is 32.2. The predicted molar refractivity (Wildman–Crippen MR) is 81.9 cm³/mol. The Labute approximate surface area is 117 Å². The van der Waals surface area contributed by atoms with Gasteiger partial charge in [0.25, 0.3) is 0 Å². The normalized spacial score (nSPS) is 12.6. The molecule has 0 aromatic carbocycles. The van der Waals surface area contributed by atoms with Gasteiger partial charge >= 0.3 is 0 Å². The Kier molecular flexibility index (Phi) is 4.84. The van der Waals surface area contributed by atoms with Gasteiger partial charge in [-0.3, -0.25) is 0 Å². The highest BCUT2D eigenvalue weighted by molar-refractivity contribution is 7.99. The summed E-state index contributed by atoms with van der Waals surface area (Å²) in [6.45, 7) is 4.35. The molecule has 0 amide bonds. The standard InChI is InChI=1S/C12H20N6S/c1-4-19-6-5-8(2)16-11-9-10(15-7-14-9)17-12(13-3)18-11/h7-8H,4-6H2,1-3H3,(H3,13,14,15,16,17,18). The summed E-state index contributed by atoms with van der Waals surface area (Å²) >= 11 is 1.95. The number of aromatic nitrogens is 4. The fraction of sp³-hybridized carbons (Fsp3) is 0.583. The van der Waals surface area contributed by atoms with Crippen molar-refractivity contribution in [1.82, 2.24) is 19.9 Å². The fourth-order valence-corrected chi connectivity index (χ4v) is 2.57. The van der Waals surface area contributed by atoms with Crippen molar-refractivity contribution in [3.8, 4) is 0 Å². The molecule has 0 aliphatic carbocycles. The first-order valence-electron chi connectivity index (χ1n) is 6.47. The van der Waals surface area contributed by atoms with Crippen molar-refractivity contribution >= 4 is 34.7 Å². The zero-order valence-corrected chi connectivity index (χ0v) is 12.3. The van der Waals surface area contributed by atoms with Crippen LogP contribution in [0.4, 0.5) is 11.8 Å². The Morgan fingerprint density at radius 1 is 1.42 bits per heavy atom. The number of nitrogens with zero attached hydrogens (tertiary/aromatic N) is 3. The highest BCUT2D eigenvalue weighted by Gasteiger charge is 2.11. The Morgan fingerprint density at radius 2 is 2.26 bits per heavy atom. The minimum Gasteiger partial charge on any atom is -0.366 e. The smallest absolute Gasteiger partial charge is 0.226 e. The van der Waals surface area contributed by atoms with Gasteiger partial charge in [-0.05, 0) is 24.9 Å². The molecule has 0 fully saturated rings. The predicted octanol–water partition coefficient (Wildman–Crippen LogP) is 2.34. The lowest BCUT2D eigenvalue weighted by Crippen LogP contribution is -2.18. The topological polar surface area (TPSA) is 78.5 Å². The summed E-state index contributed by atoms with van der Waals surface area (Å²) < 4.78 is 0. The maximum atomic E-state index is 4.45. The minimum absolute atomic E-state index is 0.366. The molecule has 1 atom stereocenters. The molecule has 0 saturated carbocycles. The number of rotatable bonds is 7. The van der Waals surface area contributed by atoms with E-state index >= 15 is 0 Å². The van der Waals surface area contributed by atoms with Gasteiger partial charge in [0.1, 0.15) is 5.52 Å². The van der Waals surface area contributed by atoms with Crippen LogP contribution in [0.1, 0.15) is 20.3 Å². The summed E-state index contributed by atoms with van der Waals surface area (Å²) in [5.41, 5.74) is 1.53. The number of fused-ring (bicyclic) bond motifs is 1. The van der Waals surface area contributed by atoms with Crippen molar-refractivity contribution < 1.29 is 0 Å². The van der Waals surface area contributed by atoms with Gasteiger partial charge < -0.3 is 15.6 Å². The van der Waals surface area contributed by atoms with Gasteiger partial charge in [-0.15, -0.1) is 0 Å². The Hall–Kier alpha value is -1.50. The van der Waals surface area contributed by atoms with Gasteiger partial charge in [0, 0.05) is 13.1 Å². The Morgan fingerprint density at radius 3 is 3.00 bits per heavy atom. The van der Waals surface area contributed by atoms with Gasteiger partial charge in [0.2, 0.25) is 5.95 Å². The quantitative estimate of drug-likeness (QED) is 0.676. The van der Waals surface area contributed by atoms with E-state index in [1.807, 2.05) is 11.8 Å². The summed E-state index contributed by atoms with van der Waals surface area (Å²) in [6.07, 6.45) is 2.74. The molecule has 2 aromatic rings. The molecular formula is C12H20N6S. The van der Waals surface area contributed by atoms with E-state index in [1.54, 1.807) is 13.4 Å². The number of H-pyrrole nitrogens is 1. The van der Waals surface area contributed by atoms with Gasteiger partial charge in [-0.25, -0.2) is 4.98 Å². The van der Waals surface area contributed by atoms with E-state index in [1.165, 1.54) is 0 Å². The van der Waals surface area contributed by atoms with Crippen LogP contribution in [0.2, 0.25) is 0 Å². The lowest BCUT2D eigenvalue weighted by atomic mass is 10.2. The summed E-state index contributed by atoms with van der Waals surface area (Å²) in [4.78, 5) is 16.0. The average molecular weight is 280 g/mol. The zero-order valence-electron chi connectivity index (χ0n) is 11.5. The van der Waals surface area contributed by atoms with Crippen LogP contribution < -0.4 is 10.6 Å². The lowest BCUT2D eigenvalue weighted by Gasteiger charge is -2.15. The first kappa shape index (κ1) is 13.9. The molecule has 1 unspecified atom stereocenters. The zero-order chi connectivity index (χ0) is 13.7. The van der Waals surface area contributed by atoms with Crippen molar-refractivity contribution in [3.63, 3.8) is 0 Å². The van der Waals surface area contributed by atoms with E-state index in [0.717, 1.165) is 29.3 Å². The molecule has 0 aliphatic heterocycles. The maximum absolute atomic E-state index is 4.45. The lowest BCUT2D eigenvalue weighted by molar-refractivity contribution is 0.767. The van der Waals surface area contributed by atoms with E-state index in [4.69, 9.17) is 0 Å². The van der Waals surface area contributed by atoms with Crippen LogP contribution in [-0.2, 0) is 0 Å². The largest absolute Gasteiger partial charge is 0.366 e. The van der Waals surface area contributed by atoms with Crippen LogP contribution in [0.15, 0.2) is 6.33 Å². The Balaban J connectivity index is 2.12. The molecule has 0 aliphatic rings. The van der Waals surface area contributed by atoms with Crippen LogP contribution in [-0.4, -0.2) is 44.5 Å². The molecule has 0 bridgehead atoms. The van der Waals surface area contributed by atoms with Gasteiger partial charge in [-0.2, -0.15) is 21.7 Å². The molecule has 19 heavy (non-hydrogen) atoms. The minimum atomic E-state index is 0.366. The second-order valence-electron chi connectivity index (χ2n) is 4.28. The number of thioether (sulfide) groups is 1. The molecule has 7 heteroatoms. The van der Waals surface area contributed by atoms with E-state index in [0.29, 0.717) is 17.6 Å². The molecule has 104 valence electrons. The van der Waals surface area contributed by atoms with Crippen molar-refractivity contribution in [2.45, 2.75) is 26.3 Å². The number of aromatic amines is 1. The van der Waals surface area contributed by atoms with Gasteiger partial charge in [-0.1, -0.05) is 6.92 Å². The SMILES string of the molecule is CCSCCC(C)Nc1nc(NC)nc2nc[nH]c12. The molecular weight excluding hydrogens is 260 g/mol. The van der Waals surface area contributed by atoms with Crippen molar-refractivity contribution in [2.75, 3.05) is 29.2 Å². The molecule has 0 saturated heterocycles. The molecule has 2 aromatic heterocycles. The third kappa shape index (κ3) is 3.50. The average Bonchev–Trinajstić information content (AvgIpc) is 2.87. The third-order valence-corrected chi connectivity index (χ3v) is 3.72. The number of imidazole rings is 1. The van der Waals surface area contributed by atoms with E-state index < -0.39 is 0 Å². The summed E-state index contributed by atoms with van der Waals surface area (Å²) in [7, 11) is 1.80. The first-order valence-corrected chi connectivity index (χ1v) is 7.63. The second-order valence-corrected chi connectivity index (χ2v) is 5.67. The van der Waals surface area contributed by atoms with E-state index in [2.05, 4.69) is 44.4 Å². The second kappa shape index (κ2) is 6.60. The molecule has 2 heterocycles. The van der Waals surface area contributed by atoms with E-state index in [-0.39, 0.29) is 0 Å². The van der Waals surface area contributed by atoms with Crippen LogP contribution in [0, 0.1) is 0 Å². The summed E-state index contributed by atoms with van der Waals surface area (Å²) in [5.74, 6) is 3.70. The summed E-state index contributed by atoms with van der Waals surface area (Å²) in [6, 6.07) is 0.366. The molecule has 0 radical (unpaired) electrons. The van der Waals surface area contributed by atoms with Crippen LogP contribution in [0.25, 0.3) is 11.2 Å². The van der Waals surface area contributed by atoms with Crippen LogP contribution in [0.3, 0.4) is 0 Å². The van der Waals surface area contributed by atoms with Crippen LogP contribution >= 0.6 is 11.8 Å². The summed E-state index contributed by atoms with van der Waals surface area (Å²) in [5, 5.41) is 6.38. The fourth-order valence-electron chi connectivity index (χ4n) is 1.76. The third-order valence-electron chi connectivity index (χ3n) is 2.79. The van der Waals surface area contributed by atoms with Crippen molar-refractivity contribution in [2.24, 2.45) is 0 Å². The monoisotopic (exact) mass is 280 g/mol. The number of nitrogens with one attached hydrogen (secondary N) is 3. The van der Waals surface area contributed by atoms with Crippen LogP contribution in [0.5, 0.6) is 0 Å². The molecule has 3 N–H and O–H groups in total. The van der Waals surface area contributed by atoms with Crippen molar-refractivity contribution in [3.05, 3.63) is 6.33 Å². The maximum Gasteiger partial charge on any atom is 0.226 e. The molecule has 0 spiro atoms. The van der Waals surface area contributed by atoms with Crippen molar-refractivity contribution in [1.29, 1.82) is 0 Å². The van der Waals surface area contributed by atoms with Gasteiger partial charge in [0.15, 0.2) is 11.5 Å². The van der Waals surface area contributed by atoms with E-state index in [9.17, 15) is 0 Å². The first-order chi connectivity index (χ1) is 9.24.